The van der Waals surface area contributed by atoms with Gasteiger partial charge in [0, 0.05) is 12.1 Å². The maximum Gasteiger partial charge on any atom is 0.321 e. The summed E-state index contributed by atoms with van der Waals surface area (Å²) in [6.07, 6.45) is 8.49. The summed E-state index contributed by atoms with van der Waals surface area (Å²) in [4.78, 5) is 23.4. The summed E-state index contributed by atoms with van der Waals surface area (Å²) in [5.74, 6) is -0.333. The SMILES string of the molecule is O=C(C[n+]1cccc(O)c1)NC(=O)NC1CCCCC1. The van der Waals surface area contributed by atoms with Crippen molar-refractivity contribution in [1.29, 1.82) is 0 Å². The van der Waals surface area contributed by atoms with E-state index in [0.29, 0.717) is 0 Å². The molecule has 0 aliphatic heterocycles. The molecule has 0 bridgehead atoms. The van der Waals surface area contributed by atoms with Crippen molar-refractivity contribution in [3.8, 4) is 5.75 Å². The first-order valence-electron chi connectivity index (χ1n) is 6.92. The Kier molecular flexibility index (Phi) is 4.92. The minimum Gasteiger partial charge on any atom is -0.503 e. The van der Waals surface area contributed by atoms with Gasteiger partial charge < -0.3 is 10.4 Å². The summed E-state index contributed by atoms with van der Waals surface area (Å²) >= 11 is 0. The number of hydrogen-bond acceptors (Lipinski definition) is 3. The highest BCUT2D eigenvalue weighted by Crippen LogP contribution is 2.17. The first-order chi connectivity index (χ1) is 9.63. The van der Waals surface area contributed by atoms with Crippen molar-refractivity contribution in [2.45, 2.75) is 44.7 Å². The predicted octanol–water partition coefficient (Wildman–Crippen LogP) is 0.838. The van der Waals surface area contributed by atoms with E-state index < -0.39 is 11.9 Å². The number of aromatic hydroxyl groups is 1. The van der Waals surface area contributed by atoms with Gasteiger partial charge in [-0.05, 0) is 18.9 Å². The topological polar surface area (TPSA) is 82.3 Å². The number of aromatic nitrogens is 1. The maximum atomic E-state index is 11.7. The Morgan fingerprint density at radius 3 is 2.75 bits per heavy atom. The van der Waals surface area contributed by atoms with Crippen molar-refractivity contribution in [3.63, 3.8) is 0 Å². The van der Waals surface area contributed by atoms with E-state index in [2.05, 4.69) is 10.6 Å². The van der Waals surface area contributed by atoms with Crippen LogP contribution in [-0.4, -0.2) is 23.1 Å². The predicted molar refractivity (Wildman–Crippen MR) is 71.8 cm³/mol. The van der Waals surface area contributed by atoms with Crippen LogP contribution in [0.15, 0.2) is 24.5 Å². The van der Waals surface area contributed by atoms with Crippen molar-refractivity contribution < 1.29 is 19.3 Å². The zero-order valence-electron chi connectivity index (χ0n) is 11.3. The third-order valence-corrected chi connectivity index (χ3v) is 3.36. The zero-order valence-corrected chi connectivity index (χ0v) is 11.3. The minimum atomic E-state index is -0.442. The third-order valence-electron chi connectivity index (χ3n) is 3.36. The van der Waals surface area contributed by atoms with Gasteiger partial charge in [0.05, 0.1) is 0 Å². The van der Waals surface area contributed by atoms with E-state index in [1.165, 1.54) is 23.3 Å². The van der Waals surface area contributed by atoms with Crippen molar-refractivity contribution >= 4 is 11.9 Å². The van der Waals surface area contributed by atoms with Crippen LogP contribution in [0.25, 0.3) is 0 Å². The summed E-state index contributed by atoms with van der Waals surface area (Å²) < 4.78 is 1.51. The van der Waals surface area contributed by atoms with Gasteiger partial charge in [-0.15, -0.1) is 0 Å². The minimum absolute atomic E-state index is 0.00745. The number of rotatable bonds is 3. The van der Waals surface area contributed by atoms with E-state index in [1.807, 2.05) is 0 Å². The Morgan fingerprint density at radius 1 is 1.30 bits per heavy atom. The lowest BCUT2D eigenvalue weighted by Gasteiger charge is -2.22. The van der Waals surface area contributed by atoms with Crippen molar-refractivity contribution in [3.05, 3.63) is 24.5 Å². The maximum absolute atomic E-state index is 11.7. The van der Waals surface area contributed by atoms with Gasteiger partial charge in [0.15, 0.2) is 11.9 Å². The van der Waals surface area contributed by atoms with Gasteiger partial charge in [0.2, 0.25) is 12.7 Å². The number of nitrogens with zero attached hydrogens (tertiary/aromatic N) is 1. The van der Waals surface area contributed by atoms with Gasteiger partial charge >= 0.3 is 6.03 Å². The van der Waals surface area contributed by atoms with Crippen molar-refractivity contribution in [2.24, 2.45) is 0 Å². The number of nitrogens with one attached hydrogen (secondary N) is 2. The molecule has 0 radical (unpaired) electrons. The number of urea groups is 1. The highest BCUT2D eigenvalue weighted by molar-refractivity contribution is 5.93. The van der Waals surface area contributed by atoms with E-state index in [9.17, 15) is 14.7 Å². The Morgan fingerprint density at radius 2 is 2.05 bits per heavy atom. The highest BCUT2D eigenvalue weighted by atomic mass is 16.3. The van der Waals surface area contributed by atoms with Gasteiger partial charge in [-0.2, -0.15) is 4.57 Å². The van der Waals surface area contributed by atoms with Gasteiger partial charge in [-0.1, -0.05) is 19.3 Å². The smallest absolute Gasteiger partial charge is 0.321 e. The molecule has 1 aliphatic carbocycles. The molecular formula is C14H20N3O3+. The molecule has 3 N–H and O–H groups in total. The average molecular weight is 278 g/mol. The molecule has 6 nitrogen and oxygen atoms in total. The molecule has 0 atom stereocenters. The molecule has 0 aromatic carbocycles. The fourth-order valence-electron chi connectivity index (χ4n) is 2.41. The summed E-state index contributed by atoms with van der Waals surface area (Å²) in [6.45, 7) is -0.00745. The Hall–Kier alpha value is -2.11. The summed E-state index contributed by atoms with van der Waals surface area (Å²) in [5.41, 5.74) is 0. The number of amides is 3. The molecule has 1 saturated carbocycles. The largest absolute Gasteiger partial charge is 0.503 e. The molecular weight excluding hydrogens is 258 g/mol. The second kappa shape index (κ2) is 6.88. The zero-order chi connectivity index (χ0) is 14.4. The molecule has 1 aromatic rings. The molecule has 0 unspecified atom stereocenters. The lowest BCUT2D eigenvalue weighted by Crippen LogP contribution is -2.49. The van der Waals surface area contributed by atoms with E-state index in [0.717, 1.165) is 25.7 Å². The van der Waals surface area contributed by atoms with Crippen molar-refractivity contribution in [1.82, 2.24) is 10.6 Å². The fraction of sp³-hybridized carbons (Fsp3) is 0.500. The van der Waals surface area contributed by atoms with Crippen LogP contribution in [0, 0.1) is 0 Å². The van der Waals surface area contributed by atoms with Crippen LogP contribution in [-0.2, 0) is 11.3 Å². The van der Waals surface area contributed by atoms with Crippen LogP contribution >= 0.6 is 0 Å². The molecule has 1 aliphatic rings. The number of carbonyl (C=O) groups is 2. The molecule has 1 heterocycles. The second-order valence-electron chi connectivity index (χ2n) is 5.09. The summed E-state index contributed by atoms with van der Waals surface area (Å²) in [6, 6.07) is 2.88. The van der Waals surface area contributed by atoms with E-state index in [1.54, 1.807) is 12.3 Å². The quantitative estimate of drug-likeness (QED) is 0.716. The van der Waals surface area contributed by atoms with E-state index in [-0.39, 0.29) is 18.3 Å². The van der Waals surface area contributed by atoms with Crippen LogP contribution in [0.3, 0.4) is 0 Å². The van der Waals surface area contributed by atoms with Crippen molar-refractivity contribution in [2.75, 3.05) is 0 Å². The van der Waals surface area contributed by atoms with Gasteiger partial charge in [-0.3, -0.25) is 10.1 Å². The number of imide groups is 1. The highest BCUT2D eigenvalue weighted by Gasteiger charge is 2.18. The summed E-state index contributed by atoms with van der Waals surface area (Å²) in [7, 11) is 0. The van der Waals surface area contributed by atoms with Crippen LogP contribution in [0.2, 0.25) is 0 Å². The summed E-state index contributed by atoms with van der Waals surface area (Å²) in [5, 5.41) is 14.4. The average Bonchev–Trinajstić information content (AvgIpc) is 2.39. The molecule has 0 saturated heterocycles. The molecule has 6 heteroatoms. The molecule has 1 fully saturated rings. The van der Waals surface area contributed by atoms with Crippen LogP contribution in [0.1, 0.15) is 32.1 Å². The standard InChI is InChI=1S/C14H19N3O3/c18-12-7-4-8-17(9-12)10-13(19)16-14(20)15-11-5-2-1-3-6-11/h4,7-9,11H,1-3,5-6,10H2,(H2-,15,16,18,19,20)/p+1. The lowest BCUT2D eigenvalue weighted by molar-refractivity contribution is -0.684. The van der Waals surface area contributed by atoms with Gasteiger partial charge in [0.1, 0.15) is 0 Å². The molecule has 0 spiro atoms. The van der Waals surface area contributed by atoms with Crippen LogP contribution < -0.4 is 15.2 Å². The first-order valence-corrected chi connectivity index (χ1v) is 6.92. The molecule has 3 amide bonds. The second-order valence-corrected chi connectivity index (χ2v) is 5.09. The Balaban J connectivity index is 1.77. The molecule has 108 valence electrons. The fourth-order valence-corrected chi connectivity index (χ4v) is 2.41. The third kappa shape index (κ3) is 4.53. The molecule has 1 aromatic heterocycles. The monoisotopic (exact) mass is 278 g/mol. The Labute approximate surface area is 117 Å². The van der Waals surface area contributed by atoms with E-state index in [4.69, 9.17) is 0 Å². The Bertz CT molecular complexity index is 484. The van der Waals surface area contributed by atoms with E-state index >= 15 is 0 Å². The van der Waals surface area contributed by atoms with Gasteiger partial charge in [-0.25, -0.2) is 4.79 Å². The van der Waals surface area contributed by atoms with Crippen LogP contribution in [0.5, 0.6) is 5.75 Å². The normalized spacial score (nSPS) is 15.6. The molecule has 20 heavy (non-hydrogen) atoms. The number of carbonyl (C=O) groups excluding carboxylic acids is 2. The number of hydrogen-bond donors (Lipinski definition) is 3. The lowest BCUT2D eigenvalue weighted by atomic mass is 9.96. The first kappa shape index (κ1) is 14.3. The number of pyridine rings is 1. The van der Waals surface area contributed by atoms with Crippen LogP contribution in [0.4, 0.5) is 4.79 Å². The van der Waals surface area contributed by atoms with Gasteiger partial charge in [0.25, 0.3) is 5.91 Å². The molecule has 2 rings (SSSR count).